The summed E-state index contributed by atoms with van der Waals surface area (Å²) < 4.78 is 12.2. The highest BCUT2D eigenvalue weighted by Crippen LogP contribution is 2.27. The normalized spacial score (nSPS) is 10.8. The number of hydrazone groups is 1. The van der Waals surface area contributed by atoms with E-state index in [1.165, 1.54) is 20.4 Å². The van der Waals surface area contributed by atoms with Crippen LogP contribution in [0.5, 0.6) is 11.5 Å². The Labute approximate surface area is 214 Å². The number of nitrogens with one attached hydrogen (secondary N) is 2. The molecule has 0 aliphatic carbocycles. The molecule has 37 heavy (non-hydrogen) atoms. The number of benzene rings is 3. The Morgan fingerprint density at radius 1 is 0.973 bits per heavy atom. The maximum absolute atomic E-state index is 12.4. The van der Waals surface area contributed by atoms with E-state index in [1.54, 1.807) is 22.9 Å². The second kappa shape index (κ2) is 11.7. The number of nitrogens with zero attached hydrogens (tertiary/aromatic N) is 3. The van der Waals surface area contributed by atoms with Crippen LogP contribution in [-0.4, -0.2) is 48.6 Å². The fourth-order valence-electron chi connectivity index (χ4n) is 3.66. The summed E-state index contributed by atoms with van der Waals surface area (Å²) in [7, 11) is 3.00. The minimum Gasteiger partial charge on any atom is -0.493 e. The average Bonchev–Trinajstić information content (AvgIpc) is 3.36. The summed E-state index contributed by atoms with van der Waals surface area (Å²) >= 11 is 0. The summed E-state index contributed by atoms with van der Waals surface area (Å²) in [6.07, 6.45) is 3.39. The fourth-order valence-corrected chi connectivity index (χ4v) is 3.66. The first-order chi connectivity index (χ1) is 18.0. The number of methoxy groups -OCH3 is 2. The van der Waals surface area contributed by atoms with Crippen molar-refractivity contribution < 1.29 is 19.1 Å². The monoisotopic (exact) mass is 497 g/mol. The summed E-state index contributed by atoms with van der Waals surface area (Å²) in [5, 5.41) is 11.4. The van der Waals surface area contributed by atoms with Crippen LogP contribution < -0.4 is 20.2 Å². The molecule has 0 unspecified atom stereocenters. The molecular weight excluding hydrogens is 470 g/mol. The molecule has 188 valence electrons. The van der Waals surface area contributed by atoms with Crippen LogP contribution >= 0.6 is 0 Å². The van der Waals surface area contributed by atoms with Gasteiger partial charge in [-0.25, -0.2) is 10.1 Å². The molecule has 0 radical (unpaired) electrons. The summed E-state index contributed by atoms with van der Waals surface area (Å²) in [5.74, 6) is 0.0278. The van der Waals surface area contributed by atoms with Crippen molar-refractivity contribution in [2.45, 2.75) is 6.92 Å². The van der Waals surface area contributed by atoms with Gasteiger partial charge < -0.3 is 14.8 Å². The van der Waals surface area contributed by atoms with Crippen LogP contribution in [0.3, 0.4) is 0 Å². The SMILES string of the molecule is COc1ccc(C(=O)NCC(=O)N/N=C\c2cn(-c3ccccc3)nc2-c2cccc(C)c2)cc1OC. The molecule has 4 rings (SSSR count). The zero-order valence-corrected chi connectivity index (χ0v) is 20.8. The van der Waals surface area contributed by atoms with Gasteiger partial charge in [0.2, 0.25) is 0 Å². The van der Waals surface area contributed by atoms with E-state index in [2.05, 4.69) is 15.8 Å². The molecule has 0 bridgehead atoms. The van der Waals surface area contributed by atoms with Crippen LogP contribution in [0.4, 0.5) is 0 Å². The smallest absolute Gasteiger partial charge is 0.259 e. The minimum atomic E-state index is -0.474. The number of carbonyl (C=O) groups excluding carboxylic acids is 2. The number of aryl methyl sites for hydroxylation is 1. The lowest BCUT2D eigenvalue weighted by atomic mass is 10.1. The number of carbonyl (C=O) groups is 2. The molecule has 0 saturated carbocycles. The van der Waals surface area contributed by atoms with E-state index < -0.39 is 11.8 Å². The number of para-hydroxylation sites is 1. The van der Waals surface area contributed by atoms with Crippen molar-refractivity contribution in [1.29, 1.82) is 0 Å². The maximum Gasteiger partial charge on any atom is 0.259 e. The zero-order chi connectivity index (χ0) is 26.2. The Morgan fingerprint density at radius 3 is 2.49 bits per heavy atom. The third-order valence-electron chi connectivity index (χ3n) is 5.50. The first-order valence-corrected chi connectivity index (χ1v) is 11.5. The van der Waals surface area contributed by atoms with E-state index in [0.717, 1.165) is 28.1 Å². The standard InChI is InChI=1S/C28H27N5O4/c1-19-8-7-9-20(14-19)27-22(18-33(32-27)23-10-5-4-6-11-23)16-30-31-26(34)17-29-28(35)21-12-13-24(36-2)25(15-21)37-3/h4-16,18H,17H2,1-3H3,(H,29,35)(H,31,34)/b30-16-. The first kappa shape index (κ1) is 25.2. The van der Waals surface area contributed by atoms with Gasteiger partial charge in [-0.3, -0.25) is 9.59 Å². The van der Waals surface area contributed by atoms with Gasteiger partial charge in [-0.05, 0) is 43.3 Å². The topological polar surface area (TPSA) is 107 Å². The Bertz CT molecular complexity index is 1430. The Hall–Kier alpha value is -4.92. The third kappa shape index (κ3) is 6.21. The Balaban J connectivity index is 1.44. The Morgan fingerprint density at radius 2 is 1.76 bits per heavy atom. The van der Waals surface area contributed by atoms with Crippen molar-refractivity contribution in [3.8, 4) is 28.4 Å². The van der Waals surface area contributed by atoms with Gasteiger partial charge in [0.05, 0.1) is 32.7 Å². The molecule has 4 aromatic rings. The zero-order valence-electron chi connectivity index (χ0n) is 20.8. The number of rotatable bonds is 9. The van der Waals surface area contributed by atoms with Gasteiger partial charge >= 0.3 is 0 Å². The van der Waals surface area contributed by atoms with Crippen LogP contribution in [0.2, 0.25) is 0 Å². The van der Waals surface area contributed by atoms with Crippen molar-refractivity contribution in [1.82, 2.24) is 20.5 Å². The van der Waals surface area contributed by atoms with Crippen LogP contribution in [0.1, 0.15) is 21.5 Å². The minimum absolute atomic E-state index is 0.251. The maximum atomic E-state index is 12.4. The van der Waals surface area contributed by atoms with E-state index in [0.29, 0.717) is 17.1 Å². The number of hydrogen-bond acceptors (Lipinski definition) is 6. The highest BCUT2D eigenvalue weighted by Gasteiger charge is 2.13. The van der Waals surface area contributed by atoms with Crippen LogP contribution in [0, 0.1) is 6.92 Å². The van der Waals surface area contributed by atoms with Gasteiger partial charge in [-0.1, -0.05) is 42.0 Å². The van der Waals surface area contributed by atoms with Crippen molar-refractivity contribution in [2.75, 3.05) is 20.8 Å². The second-order valence-electron chi connectivity index (χ2n) is 8.13. The van der Waals surface area contributed by atoms with Gasteiger partial charge in [-0.15, -0.1) is 0 Å². The molecule has 9 heteroatoms. The lowest BCUT2D eigenvalue weighted by Gasteiger charge is -2.09. The summed E-state index contributed by atoms with van der Waals surface area (Å²) in [5.41, 5.74) is 7.19. The van der Waals surface area contributed by atoms with E-state index in [9.17, 15) is 9.59 Å². The number of aromatic nitrogens is 2. The van der Waals surface area contributed by atoms with Crippen molar-refractivity contribution in [3.63, 3.8) is 0 Å². The van der Waals surface area contributed by atoms with E-state index in [1.807, 2.05) is 67.7 Å². The van der Waals surface area contributed by atoms with E-state index in [-0.39, 0.29) is 6.54 Å². The van der Waals surface area contributed by atoms with Gasteiger partial charge in [0.25, 0.3) is 11.8 Å². The summed E-state index contributed by atoms with van der Waals surface area (Å²) in [4.78, 5) is 24.8. The van der Waals surface area contributed by atoms with Gasteiger partial charge in [0, 0.05) is 22.9 Å². The molecule has 3 aromatic carbocycles. The number of amides is 2. The van der Waals surface area contributed by atoms with Crippen LogP contribution in [0.25, 0.3) is 16.9 Å². The molecule has 1 heterocycles. The average molecular weight is 498 g/mol. The molecule has 0 aliphatic rings. The number of hydrogen-bond donors (Lipinski definition) is 2. The summed E-state index contributed by atoms with van der Waals surface area (Å²) in [6, 6.07) is 22.5. The lowest BCUT2D eigenvalue weighted by Crippen LogP contribution is -2.34. The molecule has 1 aromatic heterocycles. The van der Waals surface area contributed by atoms with Crippen molar-refractivity contribution in [3.05, 3.63) is 95.7 Å². The predicted molar refractivity (Wildman–Crippen MR) is 141 cm³/mol. The molecule has 0 aliphatic heterocycles. The van der Waals surface area contributed by atoms with E-state index in [4.69, 9.17) is 14.6 Å². The first-order valence-electron chi connectivity index (χ1n) is 11.5. The van der Waals surface area contributed by atoms with E-state index >= 15 is 0 Å². The van der Waals surface area contributed by atoms with Crippen molar-refractivity contribution in [2.24, 2.45) is 5.10 Å². The second-order valence-corrected chi connectivity index (χ2v) is 8.13. The fraction of sp³-hybridized carbons (Fsp3) is 0.143. The largest absolute Gasteiger partial charge is 0.493 e. The predicted octanol–water partition coefficient (Wildman–Crippen LogP) is 3.75. The third-order valence-corrected chi connectivity index (χ3v) is 5.50. The quantitative estimate of drug-likeness (QED) is 0.271. The molecule has 0 saturated heterocycles. The number of ether oxygens (including phenoxy) is 2. The molecular formula is C28H27N5O4. The van der Waals surface area contributed by atoms with Crippen LogP contribution in [0.15, 0.2) is 84.1 Å². The molecule has 0 atom stereocenters. The highest BCUT2D eigenvalue weighted by atomic mass is 16.5. The van der Waals surface area contributed by atoms with Gasteiger partial charge in [0.1, 0.15) is 5.69 Å². The molecule has 9 nitrogen and oxygen atoms in total. The molecule has 2 amide bonds. The van der Waals surface area contributed by atoms with Crippen molar-refractivity contribution >= 4 is 18.0 Å². The Kier molecular flexibility index (Phi) is 7.95. The molecule has 0 fully saturated rings. The summed E-state index contributed by atoms with van der Waals surface area (Å²) in [6.45, 7) is 1.76. The van der Waals surface area contributed by atoms with Gasteiger partial charge in [0.15, 0.2) is 11.5 Å². The molecule has 0 spiro atoms. The lowest BCUT2D eigenvalue weighted by molar-refractivity contribution is -0.120. The van der Waals surface area contributed by atoms with Gasteiger partial charge in [-0.2, -0.15) is 10.2 Å². The molecule has 2 N–H and O–H groups in total. The highest BCUT2D eigenvalue weighted by molar-refractivity contribution is 5.97. The van der Waals surface area contributed by atoms with Crippen LogP contribution in [-0.2, 0) is 4.79 Å².